The molecule has 8 rings (SSSR count). The van der Waals surface area contributed by atoms with Crippen LogP contribution in [0.15, 0.2) is 52.5 Å². The van der Waals surface area contributed by atoms with Crippen LogP contribution in [0.2, 0.25) is 0 Å². The molecule has 6 N–H and O–H groups in total. The quantitative estimate of drug-likeness (QED) is 0.112. The van der Waals surface area contributed by atoms with Crippen LogP contribution < -0.4 is 15.4 Å². The molecule has 7 aliphatic rings. The van der Waals surface area contributed by atoms with Gasteiger partial charge in [0.05, 0.1) is 60.8 Å². The Labute approximate surface area is 428 Å². The Morgan fingerprint density at radius 3 is 2.29 bits per heavy atom. The van der Waals surface area contributed by atoms with E-state index in [-0.39, 0.29) is 76.2 Å². The molecule has 19 nitrogen and oxygen atoms in total. The number of carbonyl (C=O) groups excluding carboxylic acids is 5. The molecule has 400 valence electrons. The Kier molecular flexibility index (Phi) is 17.4. The fourth-order valence-corrected chi connectivity index (χ4v) is 10.8. The van der Waals surface area contributed by atoms with E-state index in [1.807, 2.05) is 6.92 Å². The standard InChI is InChI=1S/C54H76N6O13/c1-30(2)29-59-17-15-54(16-18-59)56-42-39-40-47(66)36(8)50-41(39)51(68)53(9,73-50)71-25-11-14-32(4)49(72-38(63)28-37(62)60-21-19-58(20-22-60)23-26-70-27-24-61)35(7)46(65)34(6)45(64)31(3)12-10-13-33(5)52(69)55-44(48(40)67)43(42)57-54/h10-13,25,30-32,34-35,45-46,49,57,61,64-66H,14-24,26-29H2,1-9H3,(H,55,69)/b12-10+,25-11+,33-13-/t31-,32+,34+,35+,45-,46+,49+,53-/m0/s1. The van der Waals surface area contributed by atoms with E-state index in [4.69, 9.17) is 29.0 Å². The molecule has 2 amide bonds. The van der Waals surface area contributed by atoms with Crippen molar-refractivity contribution in [3.8, 4) is 11.5 Å². The monoisotopic (exact) mass is 1020 g/mol. The zero-order chi connectivity index (χ0) is 53.1. The van der Waals surface area contributed by atoms with Gasteiger partial charge in [-0.25, -0.2) is 0 Å². The summed E-state index contributed by atoms with van der Waals surface area (Å²) < 4.78 is 23.9. The summed E-state index contributed by atoms with van der Waals surface area (Å²) in [5.41, 5.74) is -0.285. The molecule has 8 atom stereocenters. The molecule has 1 aromatic rings. The highest BCUT2D eigenvalue weighted by Crippen LogP contribution is 2.50. The fraction of sp³-hybridized carbons (Fsp3) is 0.630. The lowest BCUT2D eigenvalue weighted by Gasteiger charge is -2.38. The van der Waals surface area contributed by atoms with Crippen molar-refractivity contribution >= 4 is 35.1 Å². The number of amides is 2. The Hall–Kier alpha value is -5.44. The first kappa shape index (κ1) is 55.3. The predicted molar refractivity (Wildman–Crippen MR) is 270 cm³/mol. The molecule has 0 radical (unpaired) electrons. The molecular weight excluding hydrogens is 941 g/mol. The number of nitrogens with zero attached hydrogens (tertiary/aromatic N) is 4. The van der Waals surface area contributed by atoms with E-state index < -0.39 is 89.0 Å². The van der Waals surface area contributed by atoms with Crippen molar-refractivity contribution < 1.29 is 63.3 Å². The van der Waals surface area contributed by atoms with E-state index >= 15 is 0 Å². The predicted octanol–water partition coefficient (Wildman–Crippen LogP) is 3.51. The van der Waals surface area contributed by atoms with Crippen molar-refractivity contribution in [2.75, 3.05) is 72.2 Å². The number of aliphatic hydroxyl groups excluding tert-OH is 3. The van der Waals surface area contributed by atoms with Crippen LogP contribution in [0.25, 0.3) is 0 Å². The number of fused-ring (bicyclic) bond motifs is 13. The smallest absolute Gasteiger partial charge is 0.315 e. The topological polar surface area (TPSA) is 249 Å². The summed E-state index contributed by atoms with van der Waals surface area (Å²) in [6.45, 7) is 21.5. The van der Waals surface area contributed by atoms with Crippen LogP contribution in [0.5, 0.6) is 11.5 Å². The van der Waals surface area contributed by atoms with Crippen LogP contribution in [-0.4, -0.2) is 172 Å². The molecule has 1 aliphatic carbocycles. The van der Waals surface area contributed by atoms with E-state index in [0.29, 0.717) is 71.2 Å². The summed E-state index contributed by atoms with van der Waals surface area (Å²) in [5.74, 6) is -7.54. The number of piperazine rings is 1. The molecule has 0 saturated carbocycles. The molecule has 1 aromatic carbocycles. The van der Waals surface area contributed by atoms with Gasteiger partial charge in [-0.3, -0.25) is 33.9 Å². The van der Waals surface area contributed by atoms with Crippen LogP contribution in [-0.2, 0) is 28.6 Å². The minimum Gasteiger partial charge on any atom is -0.507 e. The average Bonchev–Trinajstić information content (AvgIpc) is 3.86. The fourth-order valence-electron chi connectivity index (χ4n) is 10.8. The summed E-state index contributed by atoms with van der Waals surface area (Å²) >= 11 is 0. The van der Waals surface area contributed by atoms with Crippen LogP contribution in [0, 0.1) is 36.5 Å². The first-order valence-electron chi connectivity index (χ1n) is 25.9. The normalized spacial score (nSPS) is 30.7. The molecule has 73 heavy (non-hydrogen) atoms. The summed E-state index contributed by atoms with van der Waals surface area (Å²) in [6, 6.07) is 0. The number of aliphatic imine (C=N–C) groups is 1. The number of aliphatic hydroxyl groups is 3. The zero-order valence-electron chi connectivity index (χ0n) is 43.9. The van der Waals surface area contributed by atoms with E-state index in [2.05, 4.69) is 34.3 Å². The van der Waals surface area contributed by atoms with Gasteiger partial charge in [-0.15, -0.1) is 0 Å². The lowest BCUT2D eigenvalue weighted by Crippen LogP contribution is -2.50. The van der Waals surface area contributed by atoms with Gasteiger partial charge in [-0.2, -0.15) is 0 Å². The van der Waals surface area contributed by atoms with Crippen LogP contribution >= 0.6 is 0 Å². The lowest BCUT2D eigenvalue weighted by molar-refractivity contribution is -0.162. The molecule has 0 unspecified atom stereocenters. The molecule has 6 aliphatic heterocycles. The van der Waals surface area contributed by atoms with Crippen LogP contribution in [0.1, 0.15) is 113 Å². The minimum absolute atomic E-state index is 0.0109. The zero-order valence-corrected chi connectivity index (χ0v) is 43.9. The largest absolute Gasteiger partial charge is 0.507 e. The number of nitrogens with one attached hydrogen (secondary N) is 2. The van der Waals surface area contributed by atoms with Gasteiger partial charge in [-0.1, -0.05) is 59.8 Å². The molecule has 2 saturated heterocycles. The number of phenols is 1. The first-order chi connectivity index (χ1) is 34.6. The number of phenolic OH excluding ortho intramolecular Hbond substituents is 1. The summed E-state index contributed by atoms with van der Waals surface area (Å²) in [6.07, 6.45) is 5.39. The van der Waals surface area contributed by atoms with Crippen molar-refractivity contribution in [1.82, 2.24) is 25.3 Å². The van der Waals surface area contributed by atoms with E-state index in [1.165, 1.54) is 20.1 Å². The molecule has 2 fully saturated rings. The number of aromatic hydroxyl groups is 1. The molecular formula is C54H76N6O13. The molecule has 6 heterocycles. The molecule has 1 spiro atoms. The first-order valence-corrected chi connectivity index (χ1v) is 25.9. The minimum atomic E-state index is -1.97. The number of allylic oxidation sites excluding steroid dienone is 5. The van der Waals surface area contributed by atoms with Crippen molar-refractivity contribution in [2.45, 2.75) is 118 Å². The van der Waals surface area contributed by atoms with Gasteiger partial charge in [0.1, 0.15) is 35.4 Å². The highest BCUT2D eigenvalue weighted by molar-refractivity contribution is 6.34. The number of rotatable bonds is 10. The maximum absolute atomic E-state index is 14.8. The van der Waals surface area contributed by atoms with Crippen molar-refractivity contribution in [1.29, 1.82) is 0 Å². The van der Waals surface area contributed by atoms with Crippen molar-refractivity contribution in [3.05, 3.63) is 69.8 Å². The van der Waals surface area contributed by atoms with Crippen LogP contribution in [0.4, 0.5) is 0 Å². The van der Waals surface area contributed by atoms with E-state index in [0.717, 1.165) is 6.54 Å². The van der Waals surface area contributed by atoms with Gasteiger partial charge in [0, 0.05) is 107 Å². The van der Waals surface area contributed by atoms with Crippen LogP contribution in [0.3, 0.4) is 0 Å². The Balaban J connectivity index is 1.19. The second kappa shape index (κ2) is 23.0. The Morgan fingerprint density at radius 2 is 1.62 bits per heavy atom. The number of hydrogen-bond donors (Lipinski definition) is 6. The highest BCUT2D eigenvalue weighted by Gasteiger charge is 2.54. The van der Waals surface area contributed by atoms with Crippen molar-refractivity contribution in [3.63, 3.8) is 0 Å². The number of Topliss-reactive ketones (excluding diaryl/α,β-unsaturated/α-hetero) is 2. The summed E-state index contributed by atoms with van der Waals surface area (Å²) in [7, 11) is 0. The van der Waals surface area contributed by atoms with Gasteiger partial charge in [0.25, 0.3) is 11.7 Å². The number of esters is 1. The summed E-state index contributed by atoms with van der Waals surface area (Å²) in [4.78, 5) is 82.1. The average molecular weight is 1020 g/mol. The number of carbonyl (C=O) groups is 5. The highest BCUT2D eigenvalue weighted by atomic mass is 16.7. The molecule has 0 aromatic heterocycles. The third kappa shape index (κ3) is 11.8. The Bertz CT molecular complexity index is 2450. The number of ether oxygens (including phenoxy) is 4. The second-order valence-electron chi connectivity index (χ2n) is 21.3. The number of ketones is 2. The number of benzene rings is 1. The SMILES string of the molecule is C/C1=C/C=C/[C@H](C)[C@H](O)[C@@H](C)[C@@H](O)[C@@H](C)[C@H](OC(=O)CC(=O)N2CCN(CCOCCO)CC2)[C@H](C)C/C=C/O[C@@]2(C)Oc3c(C)c(O)c4c(c3C2=O)C2=NC3(CCN(CC(C)C)CC3)NC2=C(NC1=O)C4=O. The van der Waals surface area contributed by atoms with Gasteiger partial charge in [-0.05, 0) is 38.2 Å². The van der Waals surface area contributed by atoms with Gasteiger partial charge in [0.2, 0.25) is 11.7 Å². The van der Waals surface area contributed by atoms with E-state index in [1.54, 1.807) is 56.9 Å². The lowest BCUT2D eigenvalue weighted by atomic mass is 9.79. The van der Waals surface area contributed by atoms with Crippen molar-refractivity contribution in [2.24, 2.45) is 34.6 Å². The third-order valence-corrected chi connectivity index (χ3v) is 15.3. The molecule has 5 bridgehead atoms. The summed E-state index contributed by atoms with van der Waals surface area (Å²) in [5, 5.41) is 50.6. The van der Waals surface area contributed by atoms with Gasteiger partial charge < -0.3 is 59.8 Å². The maximum Gasteiger partial charge on any atom is 0.315 e. The van der Waals surface area contributed by atoms with Gasteiger partial charge >= 0.3 is 11.8 Å². The van der Waals surface area contributed by atoms with E-state index in [9.17, 15) is 39.3 Å². The molecule has 19 heteroatoms. The number of likely N-dealkylation sites (tertiary alicyclic amines) is 1. The Morgan fingerprint density at radius 1 is 0.918 bits per heavy atom. The van der Waals surface area contributed by atoms with Gasteiger partial charge in [0.15, 0.2) is 0 Å². The second-order valence-corrected chi connectivity index (χ2v) is 21.3. The number of piperidine rings is 1. The third-order valence-electron chi connectivity index (χ3n) is 15.3. The number of hydrogen-bond acceptors (Lipinski definition) is 17. The maximum atomic E-state index is 14.8.